The van der Waals surface area contributed by atoms with Crippen molar-refractivity contribution in [2.75, 3.05) is 0 Å². The number of aryl methyl sites for hydroxylation is 1. The molecule has 3 heterocycles. The second-order valence-corrected chi connectivity index (χ2v) is 6.24. The molecule has 0 N–H and O–H groups in total. The van der Waals surface area contributed by atoms with Crippen LogP contribution in [-0.4, -0.2) is 19.2 Å². The minimum Gasteiger partial charge on any atom is -0.307 e. The third-order valence-corrected chi connectivity index (χ3v) is 4.59. The number of rotatable bonds is 3. The SMILES string of the molecule is CCc1ccc(C(F)(F)F)cc1-n1cc(-c2ncnn3cccc23)cc1C#N. The van der Waals surface area contributed by atoms with Gasteiger partial charge in [-0.15, -0.1) is 0 Å². The second-order valence-electron chi connectivity index (χ2n) is 6.24. The lowest BCUT2D eigenvalue weighted by Gasteiger charge is -2.14. The normalized spacial score (nSPS) is 11.7. The molecule has 1 aromatic carbocycles. The molecule has 0 unspecified atom stereocenters. The van der Waals surface area contributed by atoms with Crippen LogP contribution in [0.5, 0.6) is 0 Å². The molecular formula is C20H14F3N5. The van der Waals surface area contributed by atoms with Crippen molar-refractivity contribution in [1.29, 1.82) is 5.26 Å². The van der Waals surface area contributed by atoms with Crippen LogP contribution in [0.25, 0.3) is 22.5 Å². The third kappa shape index (κ3) is 2.91. The number of benzene rings is 1. The van der Waals surface area contributed by atoms with Crippen molar-refractivity contribution in [1.82, 2.24) is 19.2 Å². The summed E-state index contributed by atoms with van der Waals surface area (Å²) < 4.78 is 42.8. The minimum atomic E-state index is -4.46. The topological polar surface area (TPSA) is 58.9 Å². The van der Waals surface area contributed by atoms with E-state index in [4.69, 9.17) is 0 Å². The summed E-state index contributed by atoms with van der Waals surface area (Å²) in [5.74, 6) is 0. The Morgan fingerprint density at radius 1 is 1.18 bits per heavy atom. The second kappa shape index (κ2) is 6.53. The lowest BCUT2D eigenvalue weighted by atomic mass is 10.1. The first-order chi connectivity index (χ1) is 13.4. The number of halogens is 3. The first-order valence-electron chi connectivity index (χ1n) is 8.54. The van der Waals surface area contributed by atoms with Crippen LogP contribution >= 0.6 is 0 Å². The van der Waals surface area contributed by atoms with Crippen LogP contribution in [0.2, 0.25) is 0 Å². The van der Waals surface area contributed by atoms with Crippen molar-refractivity contribution in [3.05, 3.63) is 71.9 Å². The van der Waals surface area contributed by atoms with E-state index in [-0.39, 0.29) is 5.69 Å². The zero-order valence-corrected chi connectivity index (χ0v) is 14.8. The molecule has 0 spiro atoms. The molecule has 4 aromatic rings. The maximum absolute atomic E-state index is 13.2. The zero-order valence-electron chi connectivity index (χ0n) is 14.8. The number of aromatic nitrogens is 4. The molecular weight excluding hydrogens is 367 g/mol. The summed E-state index contributed by atoms with van der Waals surface area (Å²) in [4.78, 5) is 4.30. The summed E-state index contributed by atoms with van der Waals surface area (Å²) in [6, 6.07) is 10.9. The minimum absolute atomic E-state index is 0.229. The van der Waals surface area contributed by atoms with Crippen LogP contribution in [0.15, 0.2) is 55.1 Å². The number of nitriles is 1. The molecule has 0 saturated heterocycles. The molecule has 8 heteroatoms. The van der Waals surface area contributed by atoms with E-state index < -0.39 is 11.7 Å². The zero-order chi connectivity index (χ0) is 19.9. The Kier molecular flexibility index (Phi) is 4.15. The largest absolute Gasteiger partial charge is 0.416 e. The van der Waals surface area contributed by atoms with Gasteiger partial charge in [-0.25, -0.2) is 9.50 Å². The molecule has 5 nitrogen and oxygen atoms in total. The van der Waals surface area contributed by atoms with Crippen LogP contribution in [0.4, 0.5) is 13.2 Å². The molecule has 0 amide bonds. The fraction of sp³-hybridized carbons (Fsp3) is 0.150. The average molecular weight is 381 g/mol. The van der Waals surface area contributed by atoms with Gasteiger partial charge in [-0.3, -0.25) is 0 Å². The molecule has 3 aromatic heterocycles. The van der Waals surface area contributed by atoms with Crippen LogP contribution in [0.3, 0.4) is 0 Å². The molecule has 4 rings (SSSR count). The van der Waals surface area contributed by atoms with Gasteiger partial charge in [0, 0.05) is 18.0 Å². The molecule has 0 bridgehead atoms. The summed E-state index contributed by atoms with van der Waals surface area (Å²) in [7, 11) is 0. The standard InChI is InChI=1S/C20H14F3N5/c1-2-13-5-6-15(20(21,22)23)9-18(13)27-11-14(8-16(27)10-24)19-17-4-3-7-28(17)26-12-25-19/h3-9,11-12H,2H2,1H3. The Hall–Kier alpha value is -3.60. The molecule has 0 saturated carbocycles. The Labute approximate surface area is 158 Å². The van der Waals surface area contributed by atoms with Crippen LogP contribution in [-0.2, 0) is 12.6 Å². The van der Waals surface area contributed by atoms with Crippen molar-refractivity contribution in [2.24, 2.45) is 0 Å². The van der Waals surface area contributed by atoms with Crippen molar-refractivity contribution in [3.63, 3.8) is 0 Å². The van der Waals surface area contributed by atoms with Gasteiger partial charge in [0.15, 0.2) is 0 Å². The molecule has 140 valence electrons. The maximum atomic E-state index is 13.2. The Bertz CT molecular complexity index is 1210. The van der Waals surface area contributed by atoms with Crippen molar-refractivity contribution >= 4 is 5.52 Å². The van der Waals surface area contributed by atoms with Gasteiger partial charge in [-0.1, -0.05) is 13.0 Å². The summed E-state index contributed by atoms with van der Waals surface area (Å²) in [6.07, 6.45) is 0.873. The number of nitrogens with zero attached hydrogens (tertiary/aromatic N) is 5. The summed E-state index contributed by atoms with van der Waals surface area (Å²) in [5.41, 5.74) is 2.48. The van der Waals surface area contributed by atoms with E-state index in [1.165, 1.54) is 17.0 Å². The van der Waals surface area contributed by atoms with Crippen molar-refractivity contribution in [2.45, 2.75) is 19.5 Å². The van der Waals surface area contributed by atoms with Gasteiger partial charge in [0.25, 0.3) is 0 Å². The van der Waals surface area contributed by atoms with Gasteiger partial charge in [0.1, 0.15) is 18.1 Å². The van der Waals surface area contributed by atoms with Crippen molar-refractivity contribution < 1.29 is 13.2 Å². The van der Waals surface area contributed by atoms with E-state index in [0.717, 1.165) is 17.6 Å². The number of hydrogen-bond acceptors (Lipinski definition) is 3. The first kappa shape index (κ1) is 17.8. The van der Waals surface area contributed by atoms with E-state index in [2.05, 4.69) is 16.2 Å². The molecule has 28 heavy (non-hydrogen) atoms. The monoisotopic (exact) mass is 381 g/mol. The molecule has 0 aliphatic rings. The van der Waals surface area contributed by atoms with Crippen LogP contribution < -0.4 is 0 Å². The van der Waals surface area contributed by atoms with Gasteiger partial charge >= 0.3 is 6.18 Å². The highest BCUT2D eigenvalue weighted by Gasteiger charge is 2.31. The predicted molar refractivity (Wildman–Crippen MR) is 96.8 cm³/mol. The lowest BCUT2D eigenvalue weighted by molar-refractivity contribution is -0.137. The fourth-order valence-corrected chi connectivity index (χ4v) is 3.23. The van der Waals surface area contributed by atoms with Gasteiger partial charge in [0.2, 0.25) is 0 Å². The van der Waals surface area contributed by atoms with Gasteiger partial charge in [-0.05, 0) is 42.3 Å². The number of hydrogen-bond donors (Lipinski definition) is 0. The molecule has 0 radical (unpaired) electrons. The molecule has 0 atom stereocenters. The van der Waals surface area contributed by atoms with Gasteiger partial charge in [0.05, 0.1) is 22.5 Å². The predicted octanol–water partition coefficient (Wildman–Crippen LogP) is 4.64. The quantitative estimate of drug-likeness (QED) is 0.519. The third-order valence-electron chi connectivity index (χ3n) is 4.59. The Balaban J connectivity index is 1.93. The molecule has 0 fully saturated rings. The highest BCUT2D eigenvalue weighted by Crippen LogP contribution is 2.33. The van der Waals surface area contributed by atoms with E-state index in [0.29, 0.717) is 28.9 Å². The lowest BCUT2D eigenvalue weighted by Crippen LogP contribution is -2.08. The van der Waals surface area contributed by atoms with E-state index in [1.54, 1.807) is 23.0 Å². The molecule has 0 aliphatic carbocycles. The van der Waals surface area contributed by atoms with E-state index in [1.807, 2.05) is 19.1 Å². The number of alkyl halides is 3. The highest BCUT2D eigenvalue weighted by atomic mass is 19.4. The average Bonchev–Trinajstić information content (AvgIpc) is 3.33. The summed E-state index contributed by atoms with van der Waals surface area (Å²) in [5, 5.41) is 13.7. The summed E-state index contributed by atoms with van der Waals surface area (Å²) in [6.45, 7) is 1.86. The van der Waals surface area contributed by atoms with Crippen LogP contribution in [0.1, 0.15) is 23.7 Å². The maximum Gasteiger partial charge on any atom is 0.416 e. The fourth-order valence-electron chi connectivity index (χ4n) is 3.23. The Morgan fingerprint density at radius 3 is 2.71 bits per heavy atom. The van der Waals surface area contributed by atoms with Gasteiger partial charge in [-0.2, -0.15) is 23.5 Å². The highest BCUT2D eigenvalue weighted by molar-refractivity contribution is 5.77. The summed E-state index contributed by atoms with van der Waals surface area (Å²) >= 11 is 0. The van der Waals surface area contributed by atoms with Crippen LogP contribution in [0, 0.1) is 11.3 Å². The van der Waals surface area contributed by atoms with Gasteiger partial charge < -0.3 is 4.57 Å². The Morgan fingerprint density at radius 2 is 2.00 bits per heavy atom. The molecule has 0 aliphatic heterocycles. The first-order valence-corrected chi connectivity index (χ1v) is 8.54. The van der Waals surface area contributed by atoms with E-state index >= 15 is 0 Å². The van der Waals surface area contributed by atoms with E-state index in [9.17, 15) is 18.4 Å². The number of fused-ring (bicyclic) bond motifs is 1. The smallest absolute Gasteiger partial charge is 0.307 e. The van der Waals surface area contributed by atoms with Crippen molar-refractivity contribution in [3.8, 4) is 23.0 Å².